The third-order valence-corrected chi connectivity index (χ3v) is 3.88. The first-order valence-corrected chi connectivity index (χ1v) is 8.64. The lowest BCUT2D eigenvalue weighted by molar-refractivity contribution is -0.149. The number of rotatable bonds is 11. The van der Waals surface area contributed by atoms with Crippen LogP contribution >= 0.6 is 0 Å². The lowest BCUT2D eigenvalue weighted by atomic mass is 10.2. The average Bonchev–Trinajstić information content (AvgIpc) is 3.24. The lowest BCUT2D eigenvalue weighted by Gasteiger charge is -2.11. The Hall–Kier alpha value is -2.20. The van der Waals surface area contributed by atoms with Crippen LogP contribution in [0.1, 0.15) is 25.7 Å². The van der Waals surface area contributed by atoms with E-state index in [2.05, 4.69) is 10.6 Å². The van der Waals surface area contributed by atoms with Crippen molar-refractivity contribution >= 4 is 23.8 Å². The highest BCUT2D eigenvalue weighted by Crippen LogP contribution is 2.08. The fourth-order valence-corrected chi connectivity index (χ4v) is 2.51. The summed E-state index contributed by atoms with van der Waals surface area (Å²) in [5.41, 5.74) is 0. The van der Waals surface area contributed by atoms with Gasteiger partial charge in [-0.15, -0.1) is 0 Å². The maximum Gasteiger partial charge on any atom is 0.328 e. The summed E-state index contributed by atoms with van der Waals surface area (Å²) in [6.07, 6.45) is 1.62. The van der Waals surface area contributed by atoms with Crippen molar-refractivity contribution in [1.29, 1.82) is 0 Å². The molecule has 0 radical (unpaired) electrons. The number of ether oxygens (including phenoxy) is 4. The van der Waals surface area contributed by atoms with E-state index in [4.69, 9.17) is 18.9 Å². The number of hydrogen-bond acceptors (Lipinski definition) is 8. The van der Waals surface area contributed by atoms with Crippen molar-refractivity contribution < 1.29 is 38.1 Å². The van der Waals surface area contributed by atoms with Crippen LogP contribution in [0.4, 0.5) is 0 Å². The number of carbonyl (C=O) groups is 4. The van der Waals surface area contributed by atoms with Crippen molar-refractivity contribution in [1.82, 2.24) is 10.6 Å². The van der Waals surface area contributed by atoms with E-state index in [-0.39, 0.29) is 38.2 Å². The van der Waals surface area contributed by atoms with E-state index in [9.17, 15) is 19.2 Å². The topological polar surface area (TPSA) is 129 Å². The quantitative estimate of drug-likeness (QED) is 0.337. The molecule has 0 saturated carbocycles. The Labute approximate surface area is 150 Å². The molecule has 10 heteroatoms. The summed E-state index contributed by atoms with van der Waals surface area (Å²) >= 11 is 0. The van der Waals surface area contributed by atoms with Gasteiger partial charge in [-0.3, -0.25) is 9.59 Å². The Kier molecular flexibility index (Phi) is 8.29. The maximum absolute atomic E-state index is 11.6. The minimum absolute atomic E-state index is 0.107. The zero-order valence-electron chi connectivity index (χ0n) is 14.5. The van der Waals surface area contributed by atoms with Gasteiger partial charge in [-0.1, -0.05) is 0 Å². The molecule has 2 heterocycles. The molecule has 2 aliphatic rings. The molecule has 10 nitrogen and oxygen atoms in total. The summed E-state index contributed by atoms with van der Waals surface area (Å²) in [7, 11) is 0. The molecule has 146 valence electrons. The second kappa shape index (κ2) is 10.7. The van der Waals surface area contributed by atoms with Gasteiger partial charge >= 0.3 is 11.9 Å². The molecule has 2 atom stereocenters. The van der Waals surface area contributed by atoms with Crippen LogP contribution < -0.4 is 10.6 Å². The van der Waals surface area contributed by atoms with E-state index in [1.165, 1.54) is 0 Å². The third-order valence-electron chi connectivity index (χ3n) is 3.88. The molecular formula is C16H24N2O8. The van der Waals surface area contributed by atoms with Gasteiger partial charge in [0.15, 0.2) is 0 Å². The van der Waals surface area contributed by atoms with Gasteiger partial charge in [-0.05, 0) is 12.8 Å². The fraction of sp³-hybridized carbons (Fsp3) is 0.750. The summed E-state index contributed by atoms with van der Waals surface area (Å²) in [4.78, 5) is 45.2. The van der Waals surface area contributed by atoms with Crippen molar-refractivity contribution in [3.8, 4) is 0 Å². The Morgan fingerprint density at radius 2 is 1.12 bits per heavy atom. The summed E-state index contributed by atoms with van der Waals surface area (Å²) in [6, 6.07) is -1.10. The van der Waals surface area contributed by atoms with Crippen LogP contribution in [-0.2, 0) is 38.1 Å². The standard InChI is InChI=1S/C16H24N2O8/c19-13-3-1-11(17-13)15(21)25-9-7-23-5-6-24-8-10-26-16(22)12-2-4-14(20)18-12/h11-12H,1-10H2,(H,17,19)(H,18,20)/t11-,12-/m0/s1. The molecule has 0 aromatic carbocycles. The van der Waals surface area contributed by atoms with Crippen molar-refractivity contribution in [3.63, 3.8) is 0 Å². The highest BCUT2D eigenvalue weighted by Gasteiger charge is 2.29. The predicted octanol–water partition coefficient (Wildman–Crippen LogP) is -1.34. The van der Waals surface area contributed by atoms with Gasteiger partial charge in [0.2, 0.25) is 11.8 Å². The third kappa shape index (κ3) is 6.96. The minimum atomic E-state index is -0.550. The zero-order chi connectivity index (χ0) is 18.8. The minimum Gasteiger partial charge on any atom is -0.462 e. The van der Waals surface area contributed by atoms with E-state index in [1.54, 1.807) is 0 Å². The number of esters is 2. The summed E-state index contributed by atoms with van der Waals surface area (Å²) in [5, 5.41) is 5.06. The van der Waals surface area contributed by atoms with Crippen molar-refractivity contribution in [3.05, 3.63) is 0 Å². The molecule has 0 unspecified atom stereocenters. The van der Waals surface area contributed by atoms with Gasteiger partial charge in [0, 0.05) is 12.8 Å². The van der Waals surface area contributed by atoms with Crippen LogP contribution in [0.2, 0.25) is 0 Å². The van der Waals surface area contributed by atoms with E-state index in [0.717, 1.165) is 0 Å². The van der Waals surface area contributed by atoms with E-state index in [1.807, 2.05) is 0 Å². The van der Waals surface area contributed by atoms with Crippen LogP contribution in [0.3, 0.4) is 0 Å². The summed E-state index contributed by atoms with van der Waals surface area (Å²) < 4.78 is 20.5. The van der Waals surface area contributed by atoms with Gasteiger partial charge in [0.1, 0.15) is 25.3 Å². The van der Waals surface area contributed by atoms with Crippen LogP contribution in [-0.4, -0.2) is 75.5 Å². The van der Waals surface area contributed by atoms with Crippen LogP contribution in [0, 0.1) is 0 Å². The number of amides is 2. The van der Waals surface area contributed by atoms with Gasteiger partial charge < -0.3 is 29.6 Å². The molecule has 0 spiro atoms. The van der Waals surface area contributed by atoms with Crippen molar-refractivity contribution in [2.24, 2.45) is 0 Å². The van der Waals surface area contributed by atoms with E-state index in [0.29, 0.717) is 38.9 Å². The largest absolute Gasteiger partial charge is 0.462 e. The fourth-order valence-electron chi connectivity index (χ4n) is 2.51. The average molecular weight is 372 g/mol. The molecule has 2 amide bonds. The molecule has 2 N–H and O–H groups in total. The second-order valence-electron chi connectivity index (χ2n) is 5.88. The van der Waals surface area contributed by atoms with Gasteiger partial charge in [-0.2, -0.15) is 0 Å². The Morgan fingerprint density at radius 3 is 1.46 bits per heavy atom. The van der Waals surface area contributed by atoms with Gasteiger partial charge in [0.25, 0.3) is 0 Å². The Bertz CT molecular complexity index is 478. The summed E-state index contributed by atoms with van der Waals surface area (Å²) in [6.45, 7) is 1.29. The van der Waals surface area contributed by atoms with Crippen molar-refractivity contribution in [2.45, 2.75) is 37.8 Å². The predicted molar refractivity (Wildman–Crippen MR) is 85.9 cm³/mol. The normalized spacial score (nSPS) is 22.0. The monoisotopic (exact) mass is 372 g/mol. The SMILES string of the molecule is O=C1CC[C@@H](C(=O)OCCOCCOCCOC(=O)[C@@H]2CCC(=O)N2)N1. The molecule has 2 saturated heterocycles. The molecule has 2 aliphatic heterocycles. The summed E-state index contributed by atoms with van der Waals surface area (Å²) in [5.74, 6) is -1.18. The molecule has 0 bridgehead atoms. The highest BCUT2D eigenvalue weighted by atomic mass is 16.6. The number of hydrogen-bond donors (Lipinski definition) is 2. The molecule has 2 fully saturated rings. The number of nitrogens with one attached hydrogen (secondary N) is 2. The lowest BCUT2D eigenvalue weighted by Crippen LogP contribution is -2.35. The maximum atomic E-state index is 11.6. The molecule has 2 rings (SSSR count). The molecular weight excluding hydrogens is 348 g/mol. The van der Waals surface area contributed by atoms with Crippen molar-refractivity contribution in [2.75, 3.05) is 39.6 Å². The van der Waals surface area contributed by atoms with Gasteiger partial charge in [0.05, 0.1) is 26.4 Å². The van der Waals surface area contributed by atoms with E-state index >= 15 is 0 Å². The Balaban J connectivity index is 1.36. The Morgan fingerprint density at radius 1 is 0.731 bits per heavy atom. The van der Waals surface area contributed by atoms with E-state index < -0.39 is 24.0 Å². The molecule has 0 aromatic heterocycles. The zero-order valence-corrected chi connectivity index (χ0v) is 14.5. The van der Waals surface area contributed by atoms with Gasteiger partial charge in [-0.25, -0.2) is 9.59 Å². The highest BCUT2D eigenvalue weighted by molar-refractivity contribution is 5.88. The first-order chi connectivity index (χ1) is 12.6. The molecule has 0 aromatic rings. The first kappa shape index (κ1) is 20.1. The number of carbonyl (C=O) groups excluding carboxylic acids is 4. The second-order valence-corrected chi connectivity index (χ2v) is 5.88. The van der Waals surface area contributed by atoms with Crippen LogP contribution in [0.5, 0.6) is 0 Å². The first-order valence-electron chi connectivity index (χ1n) is 8.64. The van der Waals surface area contributed by atoms with Crippen LogP contribution in [0.25, 0.3) is 0 Å². The smallest absolute Gasteiger partial charge is 0.328 e. The molecule has 26 heavy (non-hydrogen) atoms. The molecule has 0 aliphatic carbocycles. The van der Waals surface area contributed by atoms with Crippen LogP contribution in [0.15, 0.2) is 0 Å².